The fraction of sp³-hybridized carbons (Fsp3) is 0.278. The predicted octanol–water partition coefficient (Wildman–Crippen LogP) is 2.13. The van der Waals surface area contributed by atoms with Crippen LogP contribution in [0.1, 0.15) is 11.6 Å². The highest BCUT2D eigenvalue weighted by Crippen LogP contribution is 2.41. The third-order valence-corrected chi connectivity index (χ3v) is 4.24. The molecule has 0 bridgehead atoms. The van der Waals surface area contributed by atoms with E-state index in [9.17, 15) is 4.79 Å². The van der Waals surface area contributed by atoms with Crippen LogP contribution >= 0.6 is 0 Å². The maximum Gasteiger partial charge on any atom is 0.247 e. The van der Waals surface area contributed by atoms with E-state index in [1.165, 1.54) is 0 Å². The minimum atomic E-state index is -0.579. The highest BCUT2D eigenvalue weighted by Gasteiger charge is 2.46. The van der Waals surface area contributed by atoms with Gasteiger partial charge < -0.3 is 24.8 Å². The first-order chi connectivity index (χ1) is 11.6. The number of amides is 1. The second-order valence-electron chi connectivity index (χ2n) is 5.49. The number of hydrogen-bond donors (Lipinski definition) is 1. The fourth-order valence-electron chi connectivity index (χ4n) is 2.94. The number of rotatable bonds is 5. The van der Waals surface area contributed by atoms with Crippen molar-refractivity contribution in [3.05, 3.63) is 48.0 Å². The van der Waals surface area contributed by atoms with Gasteiger partial charge in [-0.2, -0.15) is 0 Å². The molecule has 24 heavy (non-hydrogen) atoms. The molecule has 0 aliphatic carbocycles. The summed E-state index contributed by atoms with van der Waals surface area (Å²) in [6.07, 6.45) is 0. The summed E-state index contributed by atoms with van der Waals surface area (Å²) in [5.41, 5.74) is 7.73. The summed E-state index contributed by atoms with van der Waals surface area (Å²) in [7, 11) is 4.76. The minimum absolute atomic E-state index is 0.111. The molecule has 0 saturated carbocycles. The molecule has 6 heteroatoms. The van der Waals surface area contributed by atoms with Gasteiger partial charge in [-0.25, -0.2) is 0 Å². The lowest BCUT2D eigenvalue weighted by molar-refractivity contribution is -0.126. The van der Waals surface area contributed by atoms with E-state index in [4.69, 9.17) is 19.9 Å². The summed E-state index contributed by atoms with van der Waals surface area (Å²) in [5.74, 6) is 1.87. The number of benzene rings is 2. The van der Waals surface area contributed by atoms with Gasteiger partial charge in [0.05, 0.1) is 27.4 Å². The molecule has 2 N–H and O–H groups in total. The summed E-state index contributed by atoms with van der Waals surface area (Å²) >= 11 is 0. The average molecular weight is 328 g/mol. The van der Waals surface area contributed by atoms with Gasteiger partial charge in [-0.3, -0.25) is 4.79 Å². The van der Waals surface area contributed by atoms with E-state index >= 15 is 0 Å². The number of nitrogens with zero attached hydrogens (tertiary/aromatic N) is 1. The van der Waals surface area contributed by atoms with E-state index in [-0.39, 0.29) is 11.9 Å². The van der Waals surface area contributed by atoms with Gasteiger partial charge in [-0.1, -0.05) is 6.07 Å². The van der Waals surface area contributed by atoms with Crippen LogP contribution in [-0.2, 0) is 4.79 Å². The van der Waals surface area contributed by atoms with Gasteiger partial charge in [0, 0.05) is 5.69 Å². The van der Waals surface area contributed by atoms with Crippen molar-refractivity contribution in [2.75, 3.05) is 26.2 Å². The molecule has 1 aliphatic rings. The first-order valence-corrected chi connectivity index (χ1v) is 7.55. The minimum Gasteiger partial charge on any atom is -0.497 e. The summed E-state index contributed by atoms with van der Waals surface area (Å²) < 4.78 is 15.8. The van der Waals surface area contributed by atoms with Crippen LogP contribution < -0.4 is 24.8 Å². The molecular weight excluding hydrogens is 308 g/mol. The van der Waals surface area contributed by atoms with Gasteiger partial charge in [0.25, 0.3) is 0 Å². The Morgan fingerprint density at radius 1 is 0.917 bits per heavy atom. The van der Waals surface area contributed by atoms with Gasteiger partial charge in [0.15, 0.2) is 11.5 Å². The van der Waals surface area contributed by atoms with Crippen LogP contribution in [0.4, 0.5) is 5.69 Å². The third kappa shape index (κ3) is 2.55. The van der Waals surface area contributed by atoms with Gasteiger partial charge in [-0.05, 0) is 42.0 Å². The van der Waals surface area contributed by atoms with Crippen molar-refractivity contribution in [2.24, 2.45) is 5.73 Å². The van der Waals surface area contributed by atoms with Gasteiger partial charge in [0.2, 0.25) is 5.91 Å². The largest absolute Gasteiger partial charge is 0.497 e. The lowest BCUT2D eigenvalue weighted by atomic mass is 9.88. The number of carbonyl (C=O) groups excluding carboxylic acids is 1. The Balaban J connectivity index is 1.94. The summed E-state index contributed by atoms with van der Waals surface area (Å²) in [6.45, 7) is 0. The van der Waals surface area contributed by atoms with Crippen molar-refractivity contribution in [3.8, 4) is 17.2 Å². The molecule has 126 valence electrons. The Morgan fingerprint density at radius 3 is 2.17 bits per heavy atom. The zero-order valence-electron chi connectivity index (χ0n) is 13.9. The van der Waals surface area contributed by atoms with Crippen molar-refractivity contribution in [1.29, 1.82) is 0 Å². The van der Waals surface area contributed by atoms with Crippen LogP contribution in [0.15, 0.2) is 42.5 Å². The van der Waals surface area contributed by atoms with Gasteiger partial charge in [-0.15, -0.1) is 0 Å². The van der Waals surface area contributed by atoms with E-state index in [0.717, 1.165) is 17.0 Å². The first kappa shape index (κ1) is 16.1. The Morgan fingerprint density at radius 2 is 1.58 bits per heavy atom. The summed E-state index contributed by atoms with van der Waals surface area (Å²) in [4.78, 5) is 14.0. The summed E-state index contributed by atoms with van der Waals surface area (Å²) in [6, 6.07) is 12.1. The standard InChI is InChI=1S/C18H20N2O4/c1-22-13-7-5-12(6-8-13)20-17(16(19)18(20)21)11-4-9-14(23-2)15(10-11)24-3/h4-10,16-17H,19H2,1-3H3/t16-,17+/m1/s1. The molecule has 0 spiro atoms. The molecule has 3 rings (SSSR count). The number of nitrogens with two attached hydrogens (primary N) is 1. The lowest BCUT2D eigenvalue weighted by Gasteiger charge is -2.45. The van der Waals surface area contributed by atoms with Crippen molar-refractivity contribution < 1.29 is 19.0 Å². The number of anilines is 1. The number of carbonyl (C=O) groups is 1. The zero-order valence-corrected chi connectivity index (χ0v) is 13.9. The maximum atomic E-state index is 12.3. The number of β-lactam (4-membered cyclic amide) rings is 1. The van der Waals surface area contributed by atoms with Gasteiger partial charge >= 0.3 is 0 Å². The van der Waals surface area contributed by atoms with Crippen molar-refractivity contribution in [2.45, 2.75) is 12.1 Å². The molecule has 0 unspecified atom stereocenters. The maximum absolute atomic E-state index is 12.3. The normalized spacial score (nSPS) is 19.7. The monoisotopic (exact) mass is 328 g/mol. The van der Waals surface area contributed by atoms with Crippen LogP contribution in [0.3, 0.4) is 0 Å². The van der Waals surface area contributed by atoms with Crippen molar-refractivity contribution in [1.82, 2.24) is 0 Å². The molecule has 1 heterocycles. The van der Waals surface area contributed by atoms with Gasteiger partial charge in [0.1, 0.15) is 11.8 Å². The molecule has 1 saturated heterocycles. The first-order valence-electron chi connectivity index (χ1n) is 7.55. The second-order valence-corrected chi connectivity index (χ2v) is 5.49. The molecule has 2 aromatic carbocycles. The van der Waals surface area contributed by atoms with Crippen LogP contribution in [0.25, 0.3) is 0 Å². The van der Waals surface area contributed by atoms with Crippen LogP contribution in [0, 0.1) is 0 Å². The predicted molar refractivity (Wildman–Crippen MR) is 90.7 cm³/mol. The second kappa shape index (κ2) is 6.41. The molecular formula is C18H20N2O4. The number of ether oxygens (including phenoxy) is 3. The van der Waals surface area contributed by atoms with Crippen LogP contribution in [0.5, 0.6) is 17.2 Å². The molecule has 2 atom stereocenters. The highest BCUT2D eigenvalue weighted by atomic mass is 16.5. The van der Waals surface area contributed by atoms with E-state index < -0.39 is 6.04 Å². The van der Waals surface area contributed by atoms with E-state index in [0.29, 0.717) is 11.5 Å². The average Bonchev–Trinajstić information content (AvgIpc) is 2.64. The number of hydrogen-bond acceptors (Lipinski definition) is 5. The molecule has 1 aliphatic heterocycles. The molecule has 2 aromatic rings. The summed E-state index contributed by atoms with van der Waals surface area (Å²) in [5, 5.41) is 0. The Hall–Kier alpha value is -2.73. The van der Waals surface area contributed by atoms with E-state index in [1.54, 1.807) is 26.2 Å². The zero-order chi connectivity index (χ0) is 17.3. The van der Waals surface area contributed by atoms with E-state index in [1.807, 2.05) is 42.5 Å². The fourth-order valence-corrected chi connectivity index (χ4v) is 2.94. The lowest BCUT2D eigenvalue weighted by Crippen LogP contribution is -2.63. The van der Waals surface area contributed by atoms with E-state index in [2.05, 4.69) is 0 Å². The number of methoxy groups -OCH3 is 3. The Kier molecular flexibility index (Phi) is 4.31. The van der Waals surface area contributed by atoms with Crippen LogP contribution in [0.2, 0.25) is 0 Å². The SMILES string of the molecule is COc1ccc(N2C(=O)[C@H](N)[C@@H]2c2ccc(OC)c(OC)c2)cc1. The van der Waals surface area contributed by atoms with Crippen molar-refractivity contribution >= 4 is 11.6 Å². The highest BCUT2D eigenvalue weighted by molar-refractivity contribution is 6.05. The smallest absolute Gasteiger partial charge is 0.247 e. The molecule has 1 fully saturated rings. The van der Waals surface area contributed by atoms with Crippen LogP contribution in [-0.4, -0.2) is 33.3 Å². The quantitative estimate of drug-likeness (QED) is 0.851. The topological polar surface area (TPSA) is 74.0 Å². The third-order valence-electron chi connectivity index (χ3n) is 4.24. The van der Waals surface area contributed by atoms with Crippen molar-refractivity contribution in [3.63, 3.8) is 0 Å². The Bertz CT molecular complexity index is 745. The molecule has 0 aromatic heterocycles. The molecule has 1 amide bonds. The Labute approximate surface area is 140 Å². The molecule has 0 radical (unpaired) electrons. The molecule has 6 nitrogen and oxygen atoms in total.